The Balaban J connectivity index is 2.19. The van der Waals surface area contributed by atoms with Crippen molar-refractivity contribution in [3.8, 4) is 6.07 Å². The smallest absolute Gasteiger partial charge is 0.348 e. The predicted octanol–water partition coefficient (Wildman–Crippen LogP) is 4.15. The van der Waals surface area contributed by atoms with Gasteiger partial charge in [0.25, 0.3) is 0 Å². The van der Waals surface area contributed by atoms with Crippen molar-refractivity contribution >= 4 is 34.3 Å². The van der Waals surface area contributed by atoms with Crippen molar-refractivity contribution in [3.63, 3.8) is 0 Å². The Bertz CT molecular complexity index is 846. The molecule has 128 valence electrons. The number of ether oxygens (including phenoxy) is 1. The highest BCUT2D eigenvalue weighted by molar-refractivity contribution is 7.18. The first-order valence-electron chi connectivity index (χ1n) is 7.71. The molecule has 0 bridgehead atoms. The predicted molar refractivity (Wildman–Crippen MR) is 98.4 cm³/mol. The summed E-state index contributed by atoms with van der Waals surface area (Å²) in [5.74, 6) is -0.861. The Kier molecular flexibility index (Phi) is 6.09. The molecule has 0 aliphatic rings. The number of benzene rings is 1. The molecule has 1 heterocycles. The SMILES string of the molecule is Cc1c(C(=O)OC(C)C)sc(NC(=O)/C=C/c2ccccc2)c1C#N. The van der Waals surface area contributed by atoms with E-state index in [0.717, 1.165) is 16.9 Å². The molecule has 0 saturated heterocycles. The number of carbonyl (C=O) groups excluding carboxylic acids is 2. The molecule has 0 spiro atoms. The van der Waals surface area contributed by atoms with Crippen LogP contribution < -0.4 is 5.32 Å². The van der Waals surface area contributed by atoms with Gasteiger partial charge in [0, 0.05) is 6.08 Å². The maximum absolute atomic E-state index is 12.1. The van der Waals surface area contributed by atoms with Crippen molar-refractivity contribution in [1.29, 1.82) is 5.26 Å². The number of carbonyl (C=O) groups is 2. The Morgan fingerprint density at radius 1 is 1.28 bits per heavy atom. The molecular formula is C19H18N2O3S. The Hall–Kier alpha value is -2.91. The van der Waals surface area contributed by atoms with Gasteiger partial charge in [0.15, 0.2) is 0 Å². The highest BCUT2D eigenvalue weighted by Crippen LogP contribution is 2.33. The number of thiophene rings is 1. The molecule has 1 N–H and O–H groups in total. The highest BCUT2D eigenvalue weighted by Gasteiger charge is 2.22. The van der Waals surface area contributed by atoms with Gasteiger partial charge in [-0.15, -0.1) is 11.3 Å². The van der Waals surface area contributed by atoms with E-state index in [1.165, 1.54) is 6.08 Å². The minimum atomic E-state index is -0.491. The van der Waals surface area contributed by atoms with Crippen molar-refractivity contribution in [3.05, 3.63) is 58.0 Å². The van der Waals surface area contributed by atoms with Gasteiger partial charge in [-0.05, 0) is 38.0 Å². The van der Waals surface area contributed by atoms with Crippen LogP contribution in [0.3, 0.4) is 0 Å². The van der Waals surface area contributed by atoms with E-state index in [1.54, 1.807) is 26.8 Å². The molecule has 2 rings (SSSR count). The van der Waals surface area contributed by atoms with Crippen LogP contribution in [0.4, 0.5) is 5.00 Å². The zero-order chi connectivity index (χ0) is 18.4. The van der Waals surface area contributed by atoms with Gasteiger partial charge in [-0.3, -0.25) is 4.79 Å². The van der Waals surface area contributed by atoms with E-state index in [1.807, 2.05) is 36.4 Å². The lowest BCUT2D eigenvalue weighted by Crippen LogP contribution is -2.11. The lowest BCUT2D eigenvalue weighted by molar-refractivity contribution is -0.111. The number of esters is 1. The zero-order valence-electron chi connectivity index (χ0n) is 14.2. The molecule has 0 fully saturated rings. The fraction of sp³-hybridized carbons (Fsp3) is 0.211. The summed E-state index contributed by atoms with van der Waals surface area (Å²) in [7, 11) is 0. The van der Waals surface area contributed by atoms with Crippen LogP contribution in [0.5, 0.6) is 0 Å². The van der Waals surface area contributed by atoms with Crippen LogP contribution in [0.1, 0.15) is 40.2 Å². The Morgan fingerprint density at radius 2 is 1.96 bits per heavy atom. The molecule has 0 atom stereocenters. The van der Waals surface area contributed by atoms with Gasteiger partial charge < -0.3 is 10.1 Å². The number of nitriles is 1. The number of hydrogen-bond donors (Lipinski definition) is 1. The van der Waals surface area contributed by atoms with Gasteiger partial charge in [0.1, 0.15) is 15.9 Å². The van der Waals surface area contributed by atoms with Crippen LogP contribution in [-0.2, 0) is 9.53 Å². The number of rotatable bonds is 5. The van der Waals surface area contributed by atoms with E-state index in [-0.39, 0.29) is 17.6 Å². The molecule has 6 heteroatoms. The molecule has 1 aromatic heterocycles. The van der Waals surface area contributed by atoms with Gasteiger partial charge in [-0.2, -0.15) is 5.26 Å². The maximum Gasteiger partial charge on any atom is 0.348 e. The molecule has 25 heavy (non-hydrogen) atoms. The van der Waals surface area contributed by atoms with Crippen molar-refractivity contribution in [1.82, 2.24) is 0 Å². The number of hydrogen-bond acceptors (Lipinski definition) is 5. The summed E-state index contributed by atoms with van der Waals surface area (Å²) in [5.41, 5.74) is 1.68. The van der Waals surface area contributed by atoms with Crippen LogP contribution >= 0.6 is 11.3 Å². The second-order valence-corrected chi connectivity index (χ2v) is 6.58. The quantitative estimate of drug-likeness (QED) is 0.646. The topological polar surface area (TPSA) is 79.2 Å². The second-order valence-electron chi connectivity index (χ2n) is 5.56. The third-order valence-corrected chi connectivity index (χ3v) is 4.44. The number of anilines is 1. The summed E-state index contributed by atoms with van der Waals surface area (Å²) in [6.45, 7) is 5.17. The average molecular weight is 354 g/mol. The Morgan fingerprint density at radius 3 is 2.56 bits per heavy atom. The molecule has 5 nitrogen and oxygen atoms in total. The average Bonchev–Trinajstić information content (AvgIpc) is 2.89. The standard InChI is InChI=1S/C19H18N2O3S/c1-12(2)24-19(23)17-13(3)15(11-20)18(25-17)21-16(22)10-9-14-7-5-4-6-8-14/h4-10,12H,1-3H3,(H,21,22)/b10-9+. The summed E-state index contributed by atoms with van der Waals surface area (Å²) in [5, 5.41) is 12.3. The van der Waals surface area contributed by atoms with Gasteiger partial charge in [-0.1, -0.05) is 30.3 Å². The Labute approximate surface area is 150 Å². The fourth-order valence-corrected chi connectivity index (χ4v) is 3.13. The summed E-state index contributed by atoms with van der Waals surface area (Å²) < 4.78 is 5.18. The number of nitrogens with zero attached hydrogens (tertiary/aromatic N) is 1. The van der Waals surface area contributed by atoms with Gasteiger partial charge in [0.05, 0.1) is 11.7 Å². The first kappa shape index (κ1) is 18.4. The van der Waals surface area contributed by atoms with E-state index in [2.05, 4.69) is 5.32 Å². The molecule has 0 radical (unpaired) electrons. The second kappa shape index (κ2) is 8.27. The van der Waals surface area contributed by atoms with E-state index in [0.29, 0.717) is 15.4 Å². The molecule has 0 aliphatic heterocycles. The molecule has 1 aromatic carbocycles. The minimum Gasteiger partial charge on any atom is -0.459 e. The van der Waals surface area contributed by atoms with Crippen molar-refractivity contribution in [2.24, 2.45) is 0 Å². The normalized spacial score (nSPS) is 10.7. The van der Waals surface area contributed by atoms with Crippen LogP contribution in [0.25, 0.3) is 6.08 Å². The molecule has 2 aromatic rings. The summed E-state index contributed by atoms with van der Waals surface area (Å²) in [6.07, 6.45) is 2.80. The first-order chi connectivity index (χ1) is 11.9. The fourth-order valence-electron chi connectivity index (χ4n) is 2.09. The first-order valence-corrected chi connectivity index (χ1v) is 8.52. The van der Waals surface area contributed by atoms with E-state index in [9.17, 15) is 14.9 Å². The third-order valence-electron chi connectivity index (χ3n) is 3.25. The van der Waals surface area contributed by atoms with E-state index < -0.39 is 5.97 Å². The summed E-state index contributed by atoms with van der Waals surface area (Å²) in [6, 6.07) is 11.4. The largest absolute Gasteiger partial charge is 0.459 e. The zero-order valence-corrected chi connectivity index (χ0v) is 15.0. The molecule has 0 unspecified atom stereocenters. The molecule has 1 amide bonds. The van der Waals surface area contributed by atoms with Crippen LogP contribution in [0.15, 0.2) is 36.4 Å². The van der Waals surface area contributed by atoms with Gasteiger partial charge >= 0.3 is 5.97 Å². The minimum absolute atomic E-state index is 0.258. The van der Waals surface area contributed by atoms with Crippen molar-refractivity contribution in [2.45, 2.75) is 26.9 Å². The van der Waals surface area contributed by atoms with Gasteiger partial charge in [0.2, 0.25) is 5.91 Å². The van der Waals surface area contributed by atoms with Crippen molar-refractivity contribution < 1.29 is 14.3 Å². The van der Waals surface area contributed by atoms with Crippen LogP contribution in [0, 0.1) is 18.3 Å². The summed E-state index contributed by atoms with van der Waals surface area (Å²) >= 11 is 1.05. The van der Waals surface area contributed by atoms with E-state index >= 15 is 0 Å². The van der Waals surface area contributed by atoms with Gasteiger partial charge in [-0.25, -0.2) is 4.79 Å². The summed E-state index contributed by atoms with van der Waals surface area (Å²) in [4.78, 5) is 24.5. The molecule has 0 aliphatic carbocycles. The third kappa shape index (κ3) is 4.78. The van der Waals surface area contributed by atoms with Crippen LogP contribution in [0.2, 0.25) is 0 Å². The highest BCUT2D eigenvalue weighted by atomic mass is 32.1. The number of amides is 1. The lowest BCUT2D eigenvalue weighted by Gasteiger charge is -2.06. The lowest BCUT2D eigenvalue weighted by atomic mass is 10.1. The van der Waals surface area contributed by atoms with E-state index in [4.69, 9.17) is 4.74 Å². The number of nitrogens with one attached hydrogen (secondary N) is 1. The molecular weight excluding hydrogens is 336 g/mol. The maximum atomic E-state index is 12.1. The van der Waals surface area contributed by atoms with Crippen molar-refractivity contribution in [2.75, 3.05) is 5.32 Å². The molecule has 0 saturated carbocycles. The monoisotopic (exact) mass is 354 g/mol. The van der Waals surface area contributed by atoms with Crippen LogP contribution in [-0.4, -0.2) is 18.0 Å².